The summed E-state index contributed by atoms with van der Waals surface area (Å²) in [5.41, 5.74) is 7.31. The summed E-state index contributed by atoms with van der Waals surface area (Å²) in [5.74, 6) is 0.276. The number of nitrogen functional groups attached to an aromatic ring is 1. The first kappa shape index (κ1) is 10.6. The number of rotatable bonds is 2. The molecule has 2 rings (SSSR count). The Morgan fingerprint density at radius 3 is 2.50 bits per heavy atom. The van der Waals surface area contributed by atoms with E-state index in [2.05, 4.69) is 9.97 Å². The predicted molar refractivity (Wildman–Crippen MR) is 66.8 cm³/mol. The van der Waals surface area contributed by atoms with Gasteiger partial charge in [-0.1, -0.05) is 29.8 Å². The largest absolute Gasteiger partial charge is 0.368 e. The van der Waals surface area contributed by atoms with Crippen molar-refractivity contribution in [1.29, 1.82) is 0 Å². The van der Waals surface area contributed by atoms with Crippen molar-refractivity contribution in [3.05, 3.63) is 52.8 Å². The lowest BCUT2D eigenvalue weighted by atomic mass is 10.2. The lowest BCUT2D eigenvalue weighted by Crippen LogP contribution is -1.94. The van der Waals surface area contributed by atoms with Crippen molar-refractivity contribution in [1.82, 2.24) is 9.97 Å². The van der Waals surface area contributed by atoms with Gasteiger partial charge in [0.1, 0.15) is 0 Å². The summed E-state index contributed by atoms with van der Waals surface area (Å²) in [6, 6.07) is 9.35. The first-order chi connectivity index (χ1) is 7.74. The molecular weight excluding hydrogens is 222 g/mol. The average molecular weight is 232 g/mol. The fourth-order valence-electron chi connectivity index (χ4n) is 1.24. The monoisotopic (exact) mass is 231 g/mol. The van der Waals surface area contributed by atoms with Gasteiger partial charge in [0.2, 0.25) is 5.95 Å². The van der Waals surface area contributed by atoms with Gasteiger partial charge >= 0.3 is 0 Å². The molecule has 0 bridgehead atoms. The van der Waals surface area contributed by atoms with Gasteiger partial charge in [0.15, 0.2) is 0 Å². The standard InChI is InChI=1S/C12H10ClN3/c13-10-4-1-9(2-5-10)3-6-11-7-8-15-12(14)16-11/h1-8H,(H2,14,15,16)/b6-3+. The molecule has 0 amide bonds. The topological polar surface area (TPSA) is 51.8 Å². The zero-order chi connectivity index (χ0) is 11.4. The lowest BCUT2D eigenvalue weighted by molar-refractivity contribution is 1.17. The van der Waals surface area contributed by atoms with Gasteiger partial charge in [0, 0.05) is 11.2 Å². The van der Waals surface area contributed by atoms with E-state index in [1.54, 1.807) is 12.3 Å². The highest BCUT2D eigenvalue weighted by Gasteiger charge is 1.91. The third-order valence-electron chi connectivity index (χ3n) is 2.01. The minimum Gasteiger partial charge on any atom is -0.368 e. The quantitative estimate of drug-likeness (QED) is 0.865. The summed E-state index contributed by atoms with van der Waals surface area (Å²) >= 11 is 5.79. The number of hydrogen-bond donors (Lipinski definition) is 1. The zero-order valence-electron chi connectivity index (χ0n) is 8.47. The second-order valence-corrected chi connectivity index (χ2v) is 3.66. The van der Waals surface area contributed by atoms with E-state index in [9.17, 15) is 0 Å². The molecule has 0 fully saturated rings. The highest BCUT2D eigenvalue weighted by atomic mass is 35.5. The van der Waals surface area contributed by atoms with E-state index in [1.165, 1.54) is 0 Å². The van der Waals surface area contributed by atoms with Crippen LogP contribution in [0, 0.1) is 0 Å². The summed E-state index contributed by atoms with van der Waals surface area (Å²) in [5, 5.41) is 0.725. The summed E-state index contributed by atoms with van der Waals surface area (Å²) < 4.78 is 0. The number of anilines is 1. The first-order valence-electron chi connectivity index (χ1n) is 4.76. The number of halogens is 1. The van der Waals surface area contributed by atoms with Crippen molar-refractivity contribution < 1.29 is 0 Å². The molecule has 0 unspecified atom stereocenters. The first-order valence-corrected chi connectivity index (χ1v) is 5.14. The van der Waals surface area contributed by atoms with Gasteiger partial charge in [-0.3, -0.25) is 0 Å². The lowest BCUT2D eigenvalue weighted by Gasteiger charge is -1.95. The van der Waals surface area contributed by atoms with Gasteiger partial charge < -0.3 is 5.73 Å². The molecule has 0 saturated heterocycles. The maximum atomic E-state index is 5.79. The van der Waals surface area contributed by atoms with E-state index < -0.39 is 0 Å². The smallest absolute Gasteiger partial charge is 0.220 e. The molecule has 1 aromatic carbocycles. The number of benzene rings is 1. The number of nitrogens with two attached hydrogens (primary N) is 1. The van der Waals surface area contributed by atoms with Crippen LogP contribution in [0.25, 0.3) is 12.2 Å². The van der Waals surface area contributed by atoms with Gasteiger partial charge in [-0.25, -0.2) is 9.97 Å². The molecule has 80 valence electrons. The van der Waals surface area contributed by atoms with Crippen molar-refractivity contribution >= 4 is 29.7 Å². The van der Waals surface area contributed by atoms with E-state index in [0.717, 1.165) is 16.3 Å². The highest BCUT2D eigenvalue weighted by molar-refractivity contribution is 6.30. The maximum absolute atomic E-state index is 5.79. The van der Waals surface area contributed by atoms with E-state index in [1.807, 2.05) is 36.4 Å². The number of aromatic nitrogens is 2. The Bertz CT molecular complexity index is 506. The van der Waals surface area contributed by atoms with E-state index >= 15 is 0 Å². The normalized spacial score (nSPS) is 10.8. The molecule has 16 heavy (non-hydrogen) atoms. The number of nitrogens with zero attached hydrogens (tertiary/aromatic N) is 2. The van der Waals surface area contributed by atoms with Gasteiger partial charge in [-0.2, -0.15) is 0 Å². The Hall–Kier alpha value is -1.87. The molecule has 0 radical (unpaired) electrons. The van der Waals surface area contributed by atoms with Crippen molar-refractivity contribution in [2.45, 2.75) is 0 Å². The average Bonchev–Trinajstić information content (AvgIpc) is 2.28. The minimum atomic E-state index is 0.276. The van der Waals surface area contributed by atoms with Crippen LogP contribution in [0.2, 0.25) is 5.02 Å². The van der Waals surface area contributed by atoms with Crippen molar-refractivity contribution in [2.24, 2.45) is 0 Å². The SMILES string of the molecule is Nc1nccc(/C=C/c2ccc(Cl)cc2)n1. The minimum absolute atomic E-state index is 0.276. The molecule has 4 heteroatoms. The second kappa shape index (κ2) is 4.77. The summed E-state index contributed by atoms with van der Waals surface area (Å²) in [4.78, 5) is 7.88. The molecule has 0 spiro atoms. The molecule has 0 aliphatic rings. The molecular formula is C12H10ClN3. The molecule has 0 saturated carbocycles. The van der Waals surface area contributed by atoms with Crippen LogP contribution < -0.4 is 5.73 Å². The third-order valence-corrected chi connectivity index (χ3v) is 2.26. The van der Waals surface area contributed by atoms with Crippen molar-refractivity contribution in [2.75, 3.05) is 5.73 Å². The molecule has 0 aliphatic carbocycles. The van der Waals surface area contributed by atoms with Gasteiger partial charge in [-0.05, 0) is 29.8 Å². The van der Waals surface area contributed by atoms with Crippen LogP contribution in [0.4, 0.5) is 5.95 Å². The van der Waals surface area contributed by atoms with Gasteiger partial charge in [0.05, 0.1) is 5.69 Å². The van der Waals surface area contributed by atoms with Crippen LogP contribution in [0.3, 0.4) is 0 Å². The number of hydrogen-bond acceptors (Lipinski definition) is 3. The van der Waals surface area contributed by atoms with Crippen LogP contribution in [0.15, 0.2) is 36.5 Å². The molecule has 1 aromatic heterocycles. The molecule has 1 heterocycles. The fourth-order valence-corrected chi connectivity index (χ4v) is 1.36. The Labute approximate surface area is 98.6 Å². The fraction of sp³-hybridized carbons (Fsp3) is 0. The maximum Gasteiger partial charge on any atom is 0.220 e. The summed E-state index contributed by atoms with van der Waals surface area (Å²) in [7, 11) is 0. The zero-order valence-corrected chi connectivity index (χ0v) is 9.22. The van der Waals surface area contributed by atoms with Crippen LogP contribution in [0.5, 0.6) is 0 Å². The van der Waals surface area contributed by atoms with Crippen LogP contribution in [0.1, 0.15) is 11.3 Å². The second-order valence-electron chi connectivity index (χ2n) is 3.22. The highest BCUT2D eigenvalue weighted by Crippen LogP contribution is 2.12. The van der Waals surface area contributed by atoms with Crippen molar-refractivity contribution in [3.63, 3.8) is 0 Å². The summed E-state index contributed by atoms with van der Waals surface area (Å²) in [6.45, 7) is 0. The Kier molecular flexibility index (Phi) is 3.17. The molecule has 2 N–H and O–H groups in total. The van der Waals surface area contributed by atoms with Crippen LogP contribution in [-0.4, -0.2) is 9.97 Å². The predicted octanol–water partition coefficient (Wildman–Crippen LogP) is 2.88. The van der Waals surface area contributed by atoms with Crippen molar-refractivity contribution in [3.8, 4) is 0 Å². The van der Waals surface area contributed by atoms with Crippen LogP contribution >= 0.6 is 11.6 Å². The van der Waals surface area contributed by atoms with Gasteiger partial charge in [-0.15, -0.1) is 0 Å². The Balaban J connectivity index is 2.18. The van der Waals surface area contributed by atoms with Gasteiger partial charge in [0.25, 0.3) is 0 Å². The van der Waals surface area contributed by atoms with Crippen LogP contribution in [-0.2, 0) is 0 Å². The van der Waals surface area contributed by atoms with E-state index in [-0.39, 0.29) is 5.95 Å². The summed E-state index contributed by atoms with van der Waals surface area (Å²) in [6.07, 6.45) is 5.45. The molecule has 0 aliphatic heterocycles. The molecule has 0 atom stereocenters. The third kappa shape index (κ3) is 2.81. The molecule has 3 nitrogen and oxygen atoms in total. The molecule has 2 aromatic rings. The van der Waals surface area contributed by atoms with E-state index in [4.69, 9.17) is 17.3 Å². The Morgan fingerprint density at radius 1 is 1.06 bits per heavy atom. The Morgan fingerprint density at radius 2 is 1.81 bits per heavy atom. The van der Waals surface area contributed by atoms with E-state index in [0.29, 0.717) is 0 Å².